The van der Waals surface area contributed by atoms with Crippen molar-refractivity contribution in [3.8, 4) is 0 Å². The van der Waals surface area contributed by atoms with Gasteiger partial charge in [-0.3, -0.25) is 14.6 Å². The number of rotatable bonds is 7. The molecule has 0 saturated carbocycles. The number of ether oxygens (including phenoxy) is 1. The summed E-state index contributed by atoms with van der Waals surface area (Å²) in [6.45, 7) is 13.2. The minimum atomic E-state index is -0.725. The van der Waals surface area contributed by atoms with E-state index >= 15 is 0 Å². The second-order valence-electron chi connectivity index (χ2n) is 10.3. The van der Waals surface area contributed by atoms with Gasteiger partial charge in [-0.1, -0.05) is 20.8 Å². The minimum absolute atomic E-state index is 0.143. The molecule has 172 valence electrons. The van der Waals surface area contributed by atoms with Crippen LogP contribution in [0.15, 0.2) is 0 Å². The number of amides is 1. The summed E-state index contributed by atoms with van der Waals surface area (Å²) in [7, 11) is 1.79. The first-order chi connectivity index (χ1) is 14.2. The number of likely N-dealkylation sites (N-methyl/N-ethyl adjacent to an activating group) is 1. The van der Waals surface area contributed by atoms with Crippen LogP contribution in [-0.2, 0) is 9.53 Å². The van der Waals surface area contributed by atoms with Crippen molar-refractivity contribution in [3.63, 3.8) is 0 Å². The molecule has 3 unspecified atom stereocenters. The third kappa shape index (κ3) is 5.65. The number of nitrogens with zero attached hydrogens (tertiary/aromatic N) is 3. The van der Waals surface area contributed by atoms with E-state index in [9.17, 15) is 9.59 Å². The number of nitrogens with one attached hydrogen (secondary N) is 1. The molecule has 3 rings (SSSR count). The lowest BCUT2D eigenvalue weighted by Gasteiger charge is -2.52. The number of carbonyl (C=O) groups is 2. The highest BCUT2D eigenvalue weighted by Gasteiger charge is 2.45. The third-order valence-electron chi connectivity index (χ3n) is 7.09. The molecule has 30 heavy (non-hydrogen) atoms. The zero-order valence-corrected chi connectivity index (χ0v) is 19.1. The maximum absolute atomic E-state index is 11.9. The smallest absolute Gasteiger partial charge is 0.411 e. The molecule has 3 atom stereocenters. The minimum Gasteiger partial charge on any atom is -0.481 e. The second-order valence-corrected chi connectivity index (χ2v) is 10.3. The monoisotopic (exact) mass is 424 g/mol. The Morgan fingerprint density at radius 3 is 2.50 bits per heavy atom. The van der Waals surface area contributed by atoms with Crippen molar-refractivity contribution >= 4 is 12.1 Å². The lowest BCUT2D eigenvalue weighted by atomic mass is 9.65. The summed E-state index contributed by atoms with van der Waals surface area (Å²) >= 11 is 0. The van der Waals surface area contributed by atoms with Gasteiger partial charge in [-0.05, 0) is 56.1 Å². The SMILES string of the molecule is CN1CC(N2CCN(CCCC(=O)O)C(C(C3CCNCC3)C(C)(C)C)C2)OC1=O. The van der Waals surface area contributed by atoms with Crippen LogP contribution in [0.3, 0.4) is 0 Å². The molecule has 2 N–H and O–H groups in total. The van der Waals surface area contributed by atoms with Crippen LogP contribution in [0.25, 0.3) is 0 Å². The van der Waals surface area contributed by atoms with Crippen molar-refractivity contribution in [2.24, 2.45) is 17.3 Å². The fourth-order valence-electron chi connectivity index (χ4n) is 5.73. The first-order valence-corrected chi connectivity index (χ1v) is 11.5. The number of carbonyl (C=O) groups excluding carboxylic acids is 1. The van der Waals surface area contributed by atoms with Crippen molar-refractivity contribution in [2.45, 2.75) is 58.7 Å². The van der Waals surface area contributed by atoms with E-state index in [4.69, 9.17) is 9.84 Å². The zero-order chi connectivity index (χ0) is 21.9. The summed E-state index contributed by atoms with van der Waals surface area (Å²) in [6, 6.07) is 0.334. The molecule has 8 nitrogen and oxygen atoms in total. The number of piperazine rings is 1. The summed E-state index contributed by atoms with van der Waals surface area (Å²) in [6.07, 6.45) is 2.83. The molecule has 3 aliphatic rings. The maximum Gasteiger partial charge on any atom is 0.411 e. The summed E-state index contributed by atoms with van der Waals surface area (Å²) in [4.78, 5) is 29.5. The number of carboxylic acid groups (broad SMARTS) is 1. The molecular weight excluding hydrogens is 384 g/mol. The van der Waals surface area contributed by atoms with Gasteiger partial charge < -0.3 is 20.1 Å². The van der Waals surface area contributed by atoms with Crippen LogP contribution in [0.1, 0.15) is 46.5 Å². The Kier molecular flexibility index (Phi) is 7.63. The van der Waals surface area contributed by atoms with Crippen LogP contribution in [0, 0.1) is 17.3 Å². The van der Waals surface area contributed by atoms with E-state index in [1.807, 2.05) is 0 Å². The molecule has 0 spiro atoms. The van der Waals surface area contributed by atoms with Crippen LogP contribution in [0.2, 0.25) is 0 Å². The Morgan fingerprint density at radius 1 is 1.23 bits per heavy atom. The van der Waals surface area contributed by atoms with Crippen LogP contribution in [0.5, 0.6) is 0 Å². The molecule has 0 aromatic rings. The fraction of sp³-hybridized carbons (Fsp3) is 0.909. The molecule has 0 aliphatic carbocycles. The predicted molar refractivity (Wildman–Crippen MR) is 115 cm³/mol. The molecule has 1 amide bonds. The highest BCUT2D eigenvalue weighted by atomic mass is 16.6. The molecule has 0 radical (unpaired) electrons. The standard InChI is InChI=1S/C22H40N4O4/c1-22(2,3)20(16-7-9-23-10-8-16)17-14-26(18-15-24(4)21(29)30-18)13-12-25(17)11-5-6-19(27)28/h16-18,20,23H,5-15H2,1-4H3,(H,27,28). The second kappa shape index (κ2) is 9.83. The zero-order valence-electron chi connectivity index (χ0n) is 19.1. The number of hydrogen-bond donors (Lipinski definition) is 2. The third-order valence-corrected chi connectivity index (χ3v) is 7.09. The lowest BCUT2D eigenvalue weighted by molar-refractivity contribution is -0.137. The maximum atomic E-state index is 11.9. The number of cyclic esters (lactones) is 1. The topological polar surface area (TPSA) is 85.3 Å². The number of hydrogen-bond acceptors (Lipinski definition) is 6. The van der Waals surface area contributed by atoms with Crippen LogP contribution >= 0.6 is 0 Å². The molecule has 0 aromatic heterocycles. The quantitative estimate of drug-likeness (QED) is 0.646. The summed E-state index contributed by atoms with van der Waals surface area (Å²) < 4.78 is 5.63. The molecular formula is C22H40N4O4. The first kappa shape index (κ1) is 23.3. The number of piperidine rings is 1. The van der Waals surface area contributed by atoms with Gasteiger partial charge in [0.15, 0.2) is 6.23 Å². The van der Waals surface area contributed by atoms with Crippen LogP contribution < -0.4 is 5.32 Å². The molecule has 0 bridgehead atoms. The van der Waals surface area contributed by atoms with E-state index < -0.39 is 5.97 Å². The van der Waals surface area contributed by atoms with Gasteiger partial charge in [-0.25, -0.2) is 4.79 Å². The molecule has 0 aromatic carbocycles. The van der Waals surface area contributed by atoms with E-state index in [2.05, 4.69) is 35.9 Å². The van der Waals surface area contributed by atoms with Gasteiger partial charge in [-0.2, -0.15) is 0 Å². The van der Waals surface area contributed by atoms with Gasteiger partial charge >= 0.3 is 12.1 Å². The average Bonchev–Trinajstić information content (AvgIpc) is 3.01. The van der Waals surface area contributed by atoms with E-state index in [1.54, 1.807) is 11.9 Å². The van der Waals surface area contributed by atoms with Crippen LogP contribution in [0.4, 0.5) is 4.79 Å². The van der Waals surface area contributed by atoms with Crippen molar-refractivity contribution in [2.75, 3.05) is 52.9 Å². The molecule has 3 fully saturated rings. The van der Waals surface area contributed by atoms with Gasteiger partial charge in [0.25, 0.3) is 0 Å². The van der Waals surface area contributed by atoms with Gasteiger partial charge in [-0.15, -0.1) is 0 Å². The largest absolute Gasteiger partial charge is 0.481 e. The van der Waals surface area contributed by atoms with E-state index in [-0.39, 0.29) is 24.2 Å². The molecule has 3 heterocycles. The van der Waals surface area contributed by atoms with E-state index in [0.717, 1.165) is 39.3 Å². The molecule has 3 aliphatic heterocycles. The number of aliphatic carboxylic acids is 1. The van der Waals surface area contributed by atoms with Gasteiger partial charge in [0.1, 0.15) is 0 Å². The highest BCUT2D eigenvalue weighted by molar-refractivity contribution is 5.69. The lowest BCUT2D eigenvalue weighted by Crippen LogP contribution is -2.62. The summed E-state index contributed by atoms with van der Waals surface area (Å²) in [5, 5.41) is 12.6. The van der Waals surface area contributed by atoms with Crippen molar-refractivity contribution < 1.29 is 19.4 Å². The van der Waals surface area contributed by atoms with Gasteiger partial charge in [0.2, 0.25) is 0 Å². The Labute approximate surface area is 180 Å². The summed E-state index contributed by atoms with van der Waals surface area (Å²) in [5.41, 5.74) is 0.143. The Hall–Kier alpha value is -1.38. The number of carboxylic acids is 1. The Bertz CT molecular complexity index is 602. The first-order valence-electron chi connectivity index (χ1n) is 11.5. The molecule has 3 saturated heterocycles. The van der Waals surface area contributed by atoms with Crippen LogP contribution in [-0.4, -0.2) is 97.0 Å². The van der Waals surface area contributed by atoms with Gasteiger partial charge in [0, 0.05) is 39.1 Å². The van der Waals surface area contributed by atoms with Crippen molar-refractivity contribution in [3.05, 3.63) is 0 Å². The van der Waals surface area contributed by atoms with Crippen molar-refractivity contribution in [1.82, 2.24) is 20.0 Å². The van der Waals surface area contributed by atoms with Crippen molar-refractivity contribution in [1.29, 1.82) is 0 Å². The Balaban J connectivity index is 1.79. The molecule has 8 heteroatoms. The average molecular weight is 425 g/mol. The van der Waals surface area contributed by atoms with E-state index in [0.29, 0.717) is 30.8 Å². The predicted octanol–water partition coefficient (Wildman–Crippen LogP) is 1.91. The normalized spacial score (nSPS) is 28.5. The van der Waals surface area contributed by atoms with E-state index in [1.165, 1.54) is 12.8 Å². The Morgan fingerprint density at radius 2 is 1.93 bits per heavy atom. The van der Waals surface area contributed by atoms with Gasteiger partial charge in [0.05, 0.1) is 6.54 Å². The highest BCUT2D eigenvalue weighted by Crippen LogP contribution is 2.42. The summed E-state index contributed by atoms with van der Waals surface area (Å²) in [5.74, 6) is 0.422. The fourth-order valence-corrected chi connectivity index (χ4v) is 5.73.